The molecular weight excluding hydrogens is 340 g/mol. The van der Waals surface area contributed by atoms with Crippen LogP contribution in [-0.4, -0.2) is 43.2 Å². The molecule has 0 bridgehead atoms. The first-order valence-corrected chi connectivity index (χ1v) is 9.49. The number of amides is 1. The molecule has 0 spiro atoms. The Kier molecular flexibility index (Phi) is 6.85. The summed E-state index contributed by atoms with van der Waals surface area (Å²) in [5.41, 5.74) is 3.52. The maximum Gasteiger partial charge on any atom is 0.261 e. The molecule has 3 rings (SSSR count). The molecule has 144 valence electrons. The number of morpholine rings is 1. The number of hydrogen-bond donors (Lipinski definition) is 1. The second-order valence-corrected chi connectivity index (χ2v) is 7.00. The summed E-state index contributed by atoms with van der Waals surface area (Å²) in [5.74, 6) is 0.587. The summed E-state index contributed by atoms with van der Waals surface area (Å²) in [6.07, 6.45) is -0.534. The monoisotopic (exact) mass is 368 g/mol. The van der Waals surface area contributed by atoms with Gasteiger partial charge < -0.3 is 14.8 Å². The molecule has 0 radical (unpaired) electrons. The van der Waals surface area contributed by atoms with Gasteiger partial charge in [-0.3, -0.25) is 9.69 Å². The summed E-state index contributed by atoms with van der Waals surface area (Å²) in [5, 5.41) is 2.94. The Morgan fingerprint density at radius 2 is 1.70 bits per heavy atom. The molecule has 1 aliphatic rings. The molecule has 1 saturated heterocycles. The van der Waals surface area contributed by atoms with Gasteiger partial charge >= 0.3 is 0 Å². The van der Waals surface area contributed by atoms with Crippen LogP contribution in [0, 0.1) is 6.92 Å². The van der Waals surface area contributed by atoms with E-state index in [1.807, 2.05) is 31.2 Å². The first kappa shape index (κ1) is 19.4. The Morgan fingerprint density at radius 3 is 2.37 bits per heavy atom. The van der Waals surface area contributed by atoms with Gasteiger partial charge in [0.25, 0.3) is 5.91 Å². The first-order valence-electron chi connectivity index (χ1n) is 9.49. The van der Waals surface area contributed by atoms with Gasteiger partial charge in [0.1, 0.15) is 5.75 Å². The van der Waals surface area contributed by atoms with Crippen LogP contribution < -0.4 is 10.1 Å². The van der Waals surface area contributed by atoms with Crippen LogP contribution in [0.1, 0.15) is 23.6 Å². The summed E-state index contributed by atoms with van der Waals surface area (Å²) in [4.78, 5) is 14.7. The van der Waals surface area contributed by atoms with Crippen molar-refractivity contribution in [1.29, 1.82) is 0 Å². The first-order chi connectivity index (χ1) is 13.1. The lowest BCUT2D eigenvalue weighted by atomic mass is 10.1. The summed E-state index contributed by atoms with van der Waals surface area (Å²) in [6.45, 7) is 8.82. The molecule has 1 amide bonds. The fourth-order valence-electron chi connectivity index (χ4n) is 2.99. The minimum atomic E-state index is -0.534. The highest BCUT2D eigenvalue weighted by molar-refractivity contribution is 5.80. The maximum absolute atomic E-state index is 12.3. The zero-order valence-corrected chi connectivity index (χ0v) is 16.1. The fourth-order valence-corrected chi connectivity index (χ4v) is 2.99. The molecule has 1 atom stereocenters. The van der Waals surface area contributed by atoms with Crippen molar-refractivity contribution >= 4 is 5.91 Å². The van der Waals surface area contributed by atoms with E-state index in [9.17, 15) is 4.79 Å². The lowest BCUT2D eigenvalue weighted by Crippen LogP contribution is -2.36. The molecule has 1 fully saturated rings. The van der Waals surface area contributed by atoms with Crippen LogP contribution in [0.5, 0.6) is 5.75 Å². The van der Waals surface area contributed by atoms with Crippen molar-refractivity contribution in [2.24, 2.45) is 0 Å². The highest BCUT2D eigenvalue weighted by Gasteiger charge is 2.14. The smallest absolute Gasteiger partial charge is 0.261 e. The lowest BCUT2D eigenvalue weighted by Gasteiger charge is -2.26. The van der Waals surface area contributed by atoms with Crippen molar-refractivity contribution in [3.8, 4) is 5.75 Å². The van der Waals surface area contributed by atoms with Crippen molar-refractivity contribution < 1.29 is 14.3 Å². The third kappa shape index (κ3) is 6.08. The molecular formula is C22H28N2O3. The highest BCUT2D eigenvalue weighted by atomic mass is 16.5. The maximum atomic E-state index is 12.3. The van der Waals surface area contributed by atoms with Gasteiger partial charge in [-0.1, -0.05) is 42.0 Å². The second-order valence-electron chi connectivity index (χ2n) is 7.00. The van der Waals surface area contributed by atoms with Gasteiger partial charge in [-0.2, -0.15) is 0 Å². The minimum absolute atomic E-state index is 0.118. The second kappa shape index (κ2) is 9.53. The molecule has 5 heteroatoms. The molecule has 0 unspecified atom stereocenters. The van der Waals surface area contributed by atoms with Crippen LogP contribution in [0.2, 0.25) is 0 Å². The number of ether oxygens (including phenoxy) is 2. The zero-order valence-electron chi connectivity index (χ0n) is 16.1. The van der Waals surface area contributed by atoms with Crippen LogP contribution in [-0.2, 0) is 22.6 Å². The molecule has 1 heterocycles. The van der Waals surface area contributed by atoms with Crippen molar-refractivity contribution in [2.45, 2.75) is 33.0 Å². The van der Waals surface area contributed by atoms with Crippen LogP contribution in [0.3, 0.4) is 0 Å². The molecule has 0 aliphatic carbocycles. The number of hydrogen-bond acceptors (Lipinski definition) is 4. The minimum Gasteiger partial charge on any atom is -0.481 e. The number of nitrogens with one attached hydrogen (secondary N) is 1. The van der Waals surface area contributed by atoms with Gasteiger partial charge in [0.15, 0.2) is 6.10 Å². The Morgan fingerprint density at radius 1 is 1.07 bits per heavy atom. The number of aryl methyl sites for hydroxylation is 1. The molecule has 5 nitrogen and oxygen atoms in total. The van der Waals surface area contributed by atoms with Crippen molar-refractivity contribution in [1.82, 2.24) is 10.2 Å². The van der Waals surface area contributed by atoms with Gasteiger partial charge in [-0.05, 0) is 37.1 Å². The lowest BCUT2D eigenvalue weighted by molar-refractivity contribution is -0.127. The van der Waals surface area contributed by atoms with E-state index in [1.54, 1.807) is 6.92 Å². The molecule has 1 aliphatic heterocycles. The number of nitrogens with zero attached hydrogens (tertiary/aromatic N) is 1. The average Bonchev–Trinajstić information content (AvgIpc) is 2.69. The third-order valence-electron chi connectivity index (χ3n) is 4.70. The average molecular weight is 368 g/mol. The number of carbonyl (C=O) groups is 1. The Hall–Kier alpha value is -2.37. The fraction of sp³-hybridized carbons (Fsp3) is 0.409. The summed E-state index contributed by atoms with van der Waals surface area (Å²) in [6, 6.07) is 16.1. The van der Waals surface area contributed by atoms with E-state index in [2.05, 4.69) is 34.5 Å². The Bertz CT molecular complexity index is 722. The van der Waals surface area contributed by atoms with Gasteiger partial charge in [0.2, 0.25) is 0 Å². The Balaban J connectivity index is 1.44. The summed E-state index contributed by atoms with van der Waals surface area (Å²) < 4.78 is 11.1. The number of carbonyl (C=O) groups excluding carboxylic acids is 1. The third-order valence-corrected chi connectivity index (χ3v) is 4.70. The van der Waals surface area contributed by atoms with E-state index < -0.39 is 6.10 Å². The molecule has 1 N–H and O–H groups in total. The molecule has 0 aromatic heterocycles. The van der Waals surface area contributed by atoms with Crippen molar-refractivity contribution in [3.05, 3.63) is 65.2 Å². The van der Waals surface area contributed by atoms with Crippen LogP contribution >= 0.6 is 0 Å². The van der Waals surface area contributed by atoms with Gasteiger partial charge in [-0.25, -0.2) is 0 Å². The normalized spacial score (nSPS) is 15.9. The number of benzene rings is 2. The summed E-state index contributed by atoms with van der Waals surface area (Å²) >= 11 is 0. The van der Waals surface area contributed by atoms with E-state index in [1.165, 1.54) is 5.56 Å². The van der Waals surface area contributed by atoms with Gasteiger partial charge in [0.05, 0.1) is 13.2 Å². The van der Waals surface area contributed by atoms with E-state index in [-0.39, 0.29) is 5.91 Å². The molecule has 2 aromatic carbocycles. The molecule has 0 saturated carbocycles. The zero-order chi connectivity index (χ0) is 19.1. The highest BCUT2D eigenvalue weighted by Crippen LogP contribution is 2.14. The quantitative estimate of drug-likeness (QED) is 0.816. The van der Waals surface area contributed by atoms with Crippen LogP contribution in [0.4, 0.5) is 0 Å². The topological polar surface area (TPSA) is 50.8 Å². The number of rotatable bonds is 7. The standard InChI is InChI=1S/C22H28N2O3/c1-17-3-9-21(10-4-17)27-18(2)22(25)23-15-19-5-7-20(8-6-19)16-24-11-13-26-14-12-24/h3-10,18H,11-16H2,1-2H3,(H,23,25)/t18-/m1/s1. The largest absolute Gasteiger partial charge is 0.481 e. The van der Waals surface area contributed by atoms with E-state index in [4.69, 9.17) is 9.47 Å². The van der Waals surface area contributed by atoms with E-state index in [0.29, 0.717) is 12.3 Å². The summed E-state index contributed by atoms with van der Waals surface area (Å²) in [7, 11) is 0. The SMILES string of the molecule is Cc1ccc(O[C@H](C)C(=O)NCc2ccc(CN3CCOCC3)cc2)cc1. The van der Waals surface area contributed by atoms with Crippen molar-refractivity contribution in [3.63, 3.8) is 0 Å². The van der Waals surface area contributed by atoms with E-state index in [0.717, 1.165) is 44.0 Å². The van der Waals surface area contributed by atoms with Crippen LogP contribution in [0.15, 0.2) is 48.5 Å². The van der Waals surface area contributed by atoms with Crippen molar-refractivity contribution in [2.75, 3.05) is 26.3 Å². The Labute approximate surface area is 161 Å². The molecule has 2 aromatic rings. The predicted octanol–water partition coefficient (Wildman–Crippen LogP) is 2.91. The predicted molar refractivity (Wildman–Crippen MR) is 106 cm³/mol. The molecule has 27 heavy (non-hydrogen) atoms. The van der Waals surface area contributed by atoms with Crippen LogP contribution in [0.25, 0.3) is 0 Å². The van der Waals surface area contributed by atoms with Gasteiger partial charge in [-0.15, -0.1) is 0 Å². The van der Waals surface area contributed by atoms with E-state index >= 15 is 0 Å². The van der Waals surface area contributed by atoms with Gasteiger partial charge in [0, 0.05) is 26.2 Å².